The molecule has 0 amide bonds. The summed E-state index contributed by atoms with van der Waals surface area (Å²) in [7, 11) is 1.64. The summed E-state index contributed by atoms with van der Waals surface area (Å²) in [5, 5.41) is 10.8. The van der Waals surface area contributed by atoms with Gasteiger partial charge in [-0.3, -0.25) is 10.5 Å². The monoisotopic (exact) mass is 285 g/mol. The van der Waals surface area contributed by atoms with E-state index in [1.807, 2.05) is 25.1 Å². The van der Waals surface area contributed by atoms with Gasteiger partial charge in [0.05, 0.1) is 18.7 Å². The highest BCUT2D eigenvalue weighted by Gasteiger charge is 2.10. The van der Waals surface area contributed by atoms with E-state index in [1.165, 1.54) is 0 Å². The summed E-state index contributed by atoms with van der Waals surface area (Å²) >= 11 is 0. The highest BCUT2D eigenvalue weighted by molar-refractivity contribution is 5.89. The number of hydrogen-bond donors (Lipinski definition) is 4. The van der Waals surface area contributed by atoms with Crippen molar-refractivity contribution < 1.29 is 4.74 Å². The Hall–Kier alpha value is -2.87. The molecule has 5 N–H and O–H groups in total. The van der Waals surface area contributed by atoms with Gasteiger partial charge in [-0.1, -0.05) is 0 Å². The van der Waals surface area contributed by atoms with E-state index in [9.17, 15) is 0 Å². The first-order valence-corrected chi connectivity index (χ1v) is 6.30. The summed E-state index contributed by atoms with van der Waals surface area (Å²) < 4.78 is 5.20. The number of nitrogens with two attached hydrogens (primary N) is 1. The third kappa shape index (κ3) is 2.43. The van der Waals surface area contributed by atoms with Gasteiger partial charge in [0.2, 0.25) is 5.95 Å². The molecule has 0 bridgehead atoms. The Morgan fingerprint density at radius 1 is 1.29 bits per heavy atom. The van der Waals surface area contributed by atoms with Crippen molar-refractivity contribution >= 4 is 28.5 Å². The second-order valence-corrected chi connectivity index (χ2v) is 4.48. The fourth-order valence-corrected chi connectivity index (χ4v) is 2.03. The molecule has 8 nitrogen and oxygen atoms in total. The Kier molecular flexibility index (Phi) is 3.28. The van der Waals surface area contributed by atoms with Gasteiger partial charge in [0.1, 0.15) is 11.6 Å². The van der Waals surface area contributed by atoms with E-state index in [2.05, 4.69) is 30.9 Å². The molecule has 8 heteroatoms. The van der Waals surface area contributed by atoms with Crippen LogP contribution in [0.4, 0.5) is 17.5 Å². The third-order valence-corrected chi connectivity index (χ3v) is 3.13. The number of methoxy groups -OCH3 is 1. The van der Waals surface area contributed by atoms with E-state index in [4.69, 9.17) is 10.6 Å². The first-order valence-electron chi connectivity index (χ1n) is 6.30. The number of H-pyrrole nitrogens is 1. The molecule has 0 aliphatic carbocycles. The van der Waals surface area contributed by atoms with Crippen LogP contribution in [-0.4, -0.2) is 27.3 Å². The maximum atomic E-state index is 5.39. The number of aryl methyl sites for hydroxylation is 1. The number of aromatic nitrogens is 4. The van der Waals surface area contributed by atoms with Gasteiger partial charge < -0.3 is 10.1 Å². The van der Waals surface area contributed by atoms with Crippen molar-refractivity contribution in [2.24, 2.45) is 5.84 Å². The van der Waals surface area contributed by atoms with Gasteiger partial charge in [-0.25, -0.2) is 5.84 Å². The lowest BCUT2D eigenvalue weighted by Gasteiger charge is -2.11. The van der Waals surface area contributed by atoms with Crippen LogP contribution in [0.3, 0.4) is 0 Å². The average molecular weight is 285 g/mol. The van der Waals surface area contributed by atoms with Gasteiger partial charge >= 0.3 is 0 Å². The Labute approximate surface area is 120 Å². The first kappa shape index (κ1) is 13.1. The zero-order valence-electron chi connectivity index (χ0n) is 11.6. The fraction of sp³-hybridized carbons (Fsp3) is 0.154. The molecule has 0 aliphatic heterocycles. The summed E-state index contributed by atoms with van der Waals surface area (Å²) in [4.78, 5) is 8.50. The SMILES string of the molecule is COc1ccc(Nc2nc(NN)nc3[nH]ncc23)c(C)c1. The van der Waals surface area contributed by atoms with Gasteiger partial charge in [-0.15, -0.1) is 0 Å². The van der Waals surface area contributed by atoms with Crippen LogP contribution in [-0.2, 0) is 0 Å². The van der Waals surface area contributed by atoms with Crippen LogP contribution >= 0.6 is 0 Å². The van der Waals surface area contributed by atoms with Gasteiger partial charge in [0.25, 0.3) is 0 Å². The lowest BCUT2D eigenvalue weighted by molar-refractivity contribution is 0.414. The molecule has 3 rings (SSSR count). The standard InChI is InChI=1S/C13H15N7O/c1-7-5-8(21-2)3-4-10(7)16-11-9-6-15-20-12(9)18-13(17-11)19-14/h3-6H,14H2,1-2H3,(H3,15,16,17,18,19,20). The van der Waals surface area contributed by atoms with Crippen molar-refractivity contribution in [2.45, 2.75) is 6.92 Å². The molecule has 0 radical (unpaired) electrons. The molecular weight excluding hydrogens is 270 g/mol. The number of nitrogens with one attached hydrogen (secondary N) is 3. The van der Waals surface area contributed by atoms with Crippen molar-refractivity contribution in [1.29, 1.82) is 0 Å². The molecule has 0 saturated heterocycles. The molecule has 0 unspecified atom stereocenters. The third-order valence-electron chi connectivity index (χ3n) is 3.13. The molecule has 2 heterocycles. The topological polar surface area (TPSA) is 114 Å². The molecule has 3 aromatic rings. The minimum absolute atomic E-state index is 0.306. The van der Waals surface area contributed by atoms with Gasteiger partial charge in [-0.05, 0) is 30.7 Å². The van der Waals surface area contributed by atoms with Crippen LogP contribution in [0.2, 0.25) is 0 Å². The number of hydrazine groups is 1. The van der Waals surface area contributed by atoms with Crippen molar-refractivity contribution in [2.75, 3.05) is 17.9 Å². The van der Waals surface area contributed by atoms with Gasteiger partial charge in [-0.2, -0.15) is 15.1 Å². The summed E-state index contributed by atoms with van der Waals surface area (Å²) in [5.74, 6) is 7.12. The lowest BCUT2D eigenvalue weighted by atomic mass is 10.2. The predicted octanol–water partition coefficient (Wildman–Crippen LogP) is 1.70. The molecule has 108 valence electrons. The number of fused-ring (bicyclic) bond motifs is 1. The van der Waals surface area contributed by atoms with Crippen LogP contribution in [0.15, 0.2) is 24.4 Å². The van der Waals surface area contributed by atoms with E-state index in [0.717, 1.165) is 22.4 Å². The second kappa shape index (κ2) is 5.25. The summed E-state index contributed by atoms with van der Waals surface area (Å²) in [6.07, 6.45) is 1.66. The van der Waals surface area contributed by atoms with Gasteiger partial charge in [0, 0.05) is 5.69 Å². The van der Waals surface area contributed by atoms with E-state index in [-0.39, 0.29) is 0 Å². The summed E-state index contributed by atoms with van der Waals surface area (Å²) in [6, 6.07) is 5.75. The Morgan fingerprint density at radius 2 is 2.14 bits per heavy atom. The number of nitrogens with zero attached hydrogens (tertiary/aromatic N) is 3. The maximum Gasteiger partial charge on any atom is 0.241 e. The Bertz CT molecular complexity index is 783. The van der Waals surface area contributed by atoms with E-state index in [1.54, 1.807) is 13.3 Å². The highest BCUT2D eigenvalue weighted by Crippen LogP contribution is 2.27. The first-order chi connectivity index (χ1) is 10.2. The maximum absolute atomic E-state index is 5.39. The molecule has 0 spiro atoms. The quantitative estimate of drug-likeness (QED) is 0.426. The number of ether oxygens (including phenoxy) is 1. The Morgan fingerprint density at radius 3 is 2.86 bits per heavy atom. The van der Waals surface area contributed by atoms with Crippen LogP contribution in [0, 0.1) is 6.92 Å². The molecule has 0 fully saturated rings. The van der Waals surface area contributed by atoms with Crippen molar-refractivity contribution in [3.8, 4) is 5.75 Å². The highest BCUT2D eigenvalue weighted by atomic mass is 16.5. The van der Waals surface area contributed by atoms with Crippen LogP contribution in [0.25, 0.3) is 11.0 Å². The molecule has 2 aromatic heterocycles. The smallest absolute Gasteiger partial charge is 0.241 e. The zero-order valence-corrected chi connectivity index (χ0v) is 11.6. The van der Waals surface area contributed by atoms with E-state index in [0.29, 0.717) is 17.4 Å². The molecule has 1 aromatic carbocycles. The van der Waals surface area contributed by atoms with Crippen LogP contribution in [0.1, 0.15) is 5.56 Å². The van der Waals surface area contributed by atoms with Crippen molar-refractivity contribution in [1.82, 2.24) is 20.2 Å². The van der Waals surface area contributed by atoms with E-state index >= 15 is 0 Å². The number of aromatic amines is 1. The molecule has 21 heavy (non-hydrogen) atoms. The summed E-state index contributed by atoms with van der Waals surface area (Å²) in [5.41, 5.74) is 4.99. The Balaban J connectivity index is 2.03. The largest absolute Gasteiger partial charge is 0.497 e. The number of benzene rings is 1. The van der Waals surface area contributed by atoms with E-state index < -0.39 is 0 Å². The van der Waals surface area contributed by atoms with Crippen LogP contribution < -0.4 is 21.3 Å². The normalized spacial score (nSPS) is 10.6. The number of nitrogen functional groups attached to an aromatic ring is 1. The predicted molar refractivity (Wildman–Crippen MR) is 80.5 cm³/mol. The average Bonchev–Trinajstić information content (AvgIpc) is 2.97. The second-order valence-electron chi connectivity index (χ2n) is 4.48. The number of hydrogen-bond acceptors (Lipinski definition) is 7. The fourth-order valence-electron chi connectivity index (χ4n) is 2.03. The van der Waals surface area contributed by atoms with Crippen molar-refractivity contribution in [3.63, 3.8) is 0 Å². The lowest BCUT2D eigenvalue weighted by Crippen LogP contribution is -2.11. The number of rotatable bonds is 4. The molecule has 0 atom stereocenters. The molecular formula is C13H15N7O. The molecule has 0 saturated carbocycles. The zero-order chi connectivity index (χ0) is 14.8. The minimum atomic E-state index is 0.306. The molecule has 0 aliphatic rings. The van der Waals surface area contributed by atoms with Crippen molar-refractivity contribution in [3.05, 3.63) is 30.0 Å². The number of anilines is 3. The van der Waals surface area contributed by atoms with Gasteiger partial charge in [0.15, 0.2) is 5.65 Å². The van der Waals surface area contributed by atoms with Crippen LogP contribution in [0.5, 0.6) is 5.75 Å². The summed E-state index contributed by atoms with van der Waals surface area (Å²) in [6.45, 7) is 1.99. The minimum Gasteiger partial charge on any atom is -0.497 e.